The van der Waals surface area contributed by atoms with Gasteiger partial charge in [-0.05, 0) is 44.0 Å². The molecule has 0 saturated heterocycles. The van der Waals surface area contributed by atoms with E-state index in [-0.39, 0.29) is 12.5 Å². The molecule has 0 bridgehead atoms. The van der Waals surface area contributed by atoms with Crippen LogP contribution in [0.15, 0.2) is 53.0 Å². The van der Waals surface area contributed by atoms with Gasteiger partial charge in [0.15, 0.2) is 0 Å². The lowest BCUT2D eigenvalue weighted by molar-refractivity contribution is -0.139. The van der Waals surface area contributed by atoms with Crippen molar-refractivity contribution in [3.05, 3.63) is 64.1 Å². The van der Waals surface area contributed by atoms with E-state index in [0.29, 0.717) is 16.7 Å². The Kier molecular flexibility index (Phi) is 9.91. The molecule has 9 heteroatoms. The van der Waals surface area contributed by atoms with Gasteiger partial charge in [-0.2, -0.15) is 0 Å². The fraction of sp³-hybridized carbons (Fsp3) is 0.417. The third-order valence-corrected chi connectivity index (χ3v) is 6.84. The van der Waals surface area contributed by atoms with Gasteiger partial charge in [-0.1, -0.05) is 65.2 Å². The summed E-state index contributed by atoms with van der Waals surface area (Å²) in [6, 6.07) is 13.7. The number of benzene rings is 2. The number of sulfonamides is 1. The van der Waals surface area contributed by atoms with Gasteiger partial charge in [0.05, 0.1) is 11.9 Å². The number of carbonyl (C=O) groups excluding carboxylic acids is 2. The molecule has 2 aromatic rings. The van der Waals surface area contributed by atoms with Crippen molar-refractivity contribution in [3.63, 3.8) is 0 Å². The minimum absolute atomic E-state index is 0.193. The van der Waals surface area contributed by atoms with Crippen LogP contribution in [0.3, 0.4) is 0 Å². The number of nitrogens with zero attached hydrogens (tertiary/aromatic N) is 2. The summed E-state index contributed by atoms with van der Waals surface area (Å²) in [7, 11) is -3.74. The first kappa shape index (κ1) is 26.9. The molecule has 0 fully saturated rings. The predicted molar refractivity (Wildman–Crippen MR) is 135 cm³/mol. The Labute approximate surface area is 205 Å². The van der Waals surface area contributed by atoms with Crippen LogP contribution in [0.4, 0.5) is 5.69 Å². The minimum Gasteiger partial charge on any atom is -0.354 e. The standard InChI is InChI=1S/C24H32BrN3O4S/c1-5-6-13-26-24(30)19(3)27(16-20-10-7-9-18(2)14-20)23(29)17-28(33(4,31)32)22-12-8-11-21(25)15-22/h7-12,14-15,19H,5-6,13,16-17H2,1-4H3,(H,26,30)/t19-/m0/s1. The van der Waals surface area contributed by atoms with Gasteiger partial charge < -0.3 is 10.2 Å². The van der Waals surface area contributed by atoms with Crippen LogP contribution in [0.1, 0.15) is 37.8 Å². The van der Waals surface area contributed by atoms with Gasteiger partial charge in [0.25, 0.3) is 0 Å². The van der Waals surface area contributed by atoms with Gasteiger partial charge in [-0.25, -0.2) is 8.42 Å². The van der Waals surface area contributed by atoms with Crippen LogP contribution in [0.5, 0.6) is 0 Å². The van der Waals surface area contributed by atoms with Crippen molar-refractivity contribution in [2.45, 2.75) is 46.2 Å². The molecule has 1 atom stereocenters. The molecular formula is C24H32BrN3O4S. The number of unbranched alkanes of at least 4 members (excludes halogenated alkanes) is 1. The molecule has 0 aliphatic rings. The molecule has 0 aromatic heterocycles. The number of nitrogens with one attached hydrogen (secondary N) is 1. The van der Waals surface area contributed by atoms with Crippen LogP contribution in [0.2, 0.25) is 0 Å². The molecule has 0 heterocycles. The van der Waals surface area contributed by atoms with E-state index in [1.807, 2.05) is 38.1 Å². The second kappa shape index (κ2) is 12.2. The molecule has 7 nitrogen and oxygen atoms in total. The van der Waals surface area contributed by atoms with Crippen LogP contribution in [0.25, 0.3) is 0 Å². The highest BCUT2D eigenvalue weighted by molar-refractivity contribution is 9.10. The number of halogens is 1. The summed E-state index contributed by atoms with van der Waals surface area (Å²) in [4.78, 5) is 27.7. The summed E-state index contributed by atoms with van der Waals surface area (Å²) in [5.41, 5.74) is 2.27. The number of aryl methyl sites for hydroxylation is 1. The number of anilines is 1. The molecule has 0 unspecified atom stereocenters. The quantitative estimate of drug-likeness (QED) is 0.441. The third-order valence-electron chi connectivity index (χ3n) is 5.21. The average Bonchev–Trinajstić information content (AvgIpc) is 2.74. The van der Waals surface area contributed by atoms with Gasteiger partial charge in [0.2, 0.25) is 21.8 Å². The number of carbonyl (C=O) groups is 2. The van der Waals surface area contributed by atoms with E-state index >= 15 is 0 Å². The van der Waals surface area contributed by atoms with Crippen molar-refractivity contribution in [3.8, 4) is 0 Å². The Balaban J connectivity index is 2.34. The molecule has 180 valence electrons. The molecule has 2 rings (SSSR count). The third kappa shape index (κ3) is 8.16. The Morgan fingerprint density at radius 1 is 1.12 bits per heavy atom. The van der Waals surface area contributed by atoms with Crippen molar-refractivity contribution in [2.24, 2.45) is 0 Å². The number of hydrogen-bond donors (Lipinski definition) is 1. The minimum atomic E-state index is -3.74. The zero-order valence-electron chi connectivity index (χ0n) is 19.5. The number of rotatable bonds is 11. The highest BCUT2D eigenvalue weighted by Crippen LogP contribution is 2.23. The zero-order chi connectivity index (χ0) is 24.6. The Hall–Kier alpha value is -2.39. The number of hydrogen-bond acceptors (Lipinski definition) is 4. The summed E-state index contributed by atoms with van der Waals surface area (Å²) in [6.07, 6.45) is 2.85. The Morgan fingerprint density at radius 3 is 2.42 bits per heavy atom. The monoisotopic (exact) mass is 537 g/mol. The van der Waals surface area contributed by atoms with Gasteiger partial charge in [0, 0.05) is 17.6 Å². The van der Waals surface area contributed by atoms with Crippen LogP contribution >= 0.6 is 15.9 Å². The van der Waals surface area contributed by atoms with Gasteiger partial charge in [-0.3, -0.25) is 13.9 Å². The highest BCUT2D eigenvalue weighted by Gasteiger charge is 2.30. The normalized spacial score (nSPS) is 12.2. The SMILES string of the molecule is CCCCNC(=O)[C@H](C)N(Cc1cccc(C)c1)C(=O)CN(c1cccc(Br)c1)S(C)(=O)=O. The zero-order valence-corrected chi connectivity index (χ0v) is 21.9. The predicted octanol–water partition coefficient (Wildman–Crippen LogP) is 3.86. The first-order valence-electron chi connectivity index (χ1n) is 10.9. The highest BCUT2D eigenvalue weighted by atomic mass is 79.9. The first-order chi connectivity index (χ1) is 15.5. The lowest BCUT2D eigenvalue weighted by Gasteiger charge is -2.31. The van der Waals surface area contributed by atoms with Crippen molar-refractivity contribution in [2.75, 3.05) is 23.7 Å². The fourth-order valence-corrected chi connectivity index (χ4v) is 4.60. The summed E-state index contributed by atoms with van der Waals surface area (Å²) < 4.78 is 26.8. The molecule has 0 saturated carbocycles. The molecule has 33 heavy (non-hydrogen) atoms. The lowest BCUT2D eigenvalue weighted by Crippen LogP contribution is -2.51. The van der Waals surface area contributed by atoms with E-state index in [2.05, 4.69) is 21.2 Å². The van der Waals surface area contributed by atoms with Crippen molar-refractivity contribution >= 4 is 43.5 Å². The first-order valence-corrected chi connectivity index (χ1v) is 13.5. The fourth-order valence-electron chi connectivity index (χ4n) is 3.37. The smallest absolute Gasteiger partial charge is 0.244 e. The molecule has 0 aliphatic heterocycles. The van der Waals surface area contributed by atoms with Crippen LogP contribution < -0.4 is 9.62 Å². The van der Waals surface area contributed by atoms with E-state index in [9.17, 15) is 18.0 Å². The topological polar surface area (TPSA) is 86.8 Å². The average molecular weight is 539 g/mol. The van der Waals surface area contributed by atoms with Crippen molar-refractivity contribution < 1.29 is 18.0 Å². The maximum absolute atomic E-state index is 13.5. The summed E-state index contributed by atoms with van der Waals surface area (Å²) in [6.45, 7) is 5.96. The van der Waals surface area contributed by atoms with E-state index in [1.165, 1.54) is 4.90 Å². The van der Waals surface area contributed by atoms with Crippen LogP contribution in [-0.4, -0.2) is 50.5 Å². The molecular weight excluding hydrogens is 506 g/mol. The molecule has 0 spiro atoms. The maximum Gasteiger partial charge on any atom is 0.244 e. The van der Waals surface area contributed by atoms with Crippen LogP contribution in [-0.2, 0) is 26.2 Å². The Morgan fingerprint density at radius 2 is 1.82 bits per heavy atom. The van der Waals surface area contributed by atoms with Crippen LogP contribution in [0, 0.1) is 6.92 Å². The second-order valence-corrected chi connectivity index (χ2v) is 10.9. The lowest BCUT2D eigenvalue weighted by atomic mass is 10.1. The maximum atomic E-state index is 13.5. The number of amides is 2. The molecule has 2 aromatic carbocycles. The van der Waals surface area contributed by atoms with Crippen molar-refractivity contribution in [1.29, 1.82) is 0 Å². The second-order valence-electron chi connectivity index (χ2n) is 8.08. The van der Waals surface area contributed by atoms with E-state index in [1.54, 1.807) is 31.2 Å². The van der Waals surface area contributed by atoms with E-state index < -0.39 is 28.5 Å². The van der Waals surface area contributed by atoms with Gasteiger partial charge in [0.1, 0.15) is 12.6 Å². The Bertz CT molecular complexity index is 1070. The molecule has 2 amide bonds. The van der Waals surface area contributed by atoms with Gasteiger partial charge >= 0.3 is 0 Å². The molecule has 1 N–H and O–H groups in total. The van der Waals surface area contributed by atoms with Crippen molar-refractivity contribution in [1.82, 2.24) is 10.2 Å². The summed E-state index contributed by atoms with van der Waals surface area (Å²) in [5.74, 6) is -0.724. The summed E-state index contributed by atoms with van der Waals surface area (Å²) >= 11 is 3.35. The molecule has 0 aliphatic carbocycles. The summed E-state index contributed by atoms with van der Waals surface area (Å²) in [5, 5.41) is 2.87. The van der Waals surface area contributed by atoms with E-state index in [4.69, 9.17) is 0 Å². The van der Waals surface area contributed by atoms with E-state index in [0.717, 1.165) is 34.5 Å². The van der Waals surface area contributed by atoms with Gasteiger partial charge in [-0.15, -0.1) is 0 Å². The molecule has 0 radical (unpaired) electrons. The largest absolute Gasteiger partial charge is 0.354 e.